The molecule has 9 heteroatoms. The third-order valence-corrected chi connectivity index (χ3v) is 7.02. The first-order chi connectivity index (χ1) is 15.9. The van der Waals surface area contributed by atoms with Crippen molar-refractivity contribution in [3.63, 3.8) is 0 Å². The standard InChI is InChI=1S/C24H23F2IN4O2/c25-17-9-15(10-18(26)11-17)12-29-7-5-21-20(13-29)23(33)31(24-28-6-8-30(21)24)22(14-32)16-1-3-19(27)4-2-16/h1-4,9-11,22,32H,5-8,12-14H2/t22-/m0/s1. The van der Waals surface area contributed by atoms with Gasteiger partial charge in [-0.05, 0) is 58.0 Å². The summed E-state index contributed by atoms with van der Waals surface area (Å²) in [5.41, 5.74) is 3.00. The molecule has 3 heterocycles. The van der Waals surface area contributed by atoms with Gasteiger partial charge in [0.2, 0.25) is 5.96 Å². The molecule has 0 aliphatic carbocycles. The quantitative estimate of drug-likeness (QED) is 0.567. The molecule has 2 aromatic carbocycles. The van der Waals surface area contributed by atoms with Crippen molar-refractivity contribution in [2.24, 2.45) is 4.99 Å². The molecule has 0 radical (unpaired) electrons. The molecule has 1 atom stereocenters. The number of hydrogen-bond acceptors (Lipinski definition) is 5. The molecule has 0 aromatic heterocycles. The zero-order valence-corrected chi connectivity index (χ0v) is 20.0. The lowest BCUT2D eigenvalue weighted by atomic mass is 9.97. The predicted octanol–water partition coefficient (Wildman–Crippen LogP) is 3.28. The van der Waals surface area contributed by atoms with Crippen molar-refractivity contribution in [3.05, 3.63) is 80.1 Å². The van der Waals surface area contributed by atoms with Crippen LogP contribution in [0.15, 0.2) is 58.7 Å². The number of aliphatic hydroxyl groups is 1. The Morgan fingerprint density at radius 2 is 1.82 bits per heavy atom. The van der Waals surface area contributed by atoms with Crippen molar-refractivity contribution in [2.75, 3.05) is 32.8 Å². The van der Waals surface area contributed by atoms with Gasteiger partial charge in [-0.2, -0.15) is 0 Å². The molecule has 6 nitrogen and oxygen atoms in total. The number of guanidine groups is 1. The fourth-order valence-corrected chi connectivity index (χ4v) is 5.19. The molecule has 1 N–H and O–H groups in total. The Kier molecular flexibility index (Phi) is 6.19. The van der Waals surface area contributed by atoms with Gasteiger partial charge in [-0.3, -0.25) is 19.6 Å². The lowest BCUT2D eigenvalue weighted by molar-refractivity contribution is -0.127. The van der Waals surface area contributed by atoms with Crippen molar-refractivity contribution in [2.45, 2.75) is 19.0 Å². The van der Waals surface area contributed by atoms with Crippen LogP contribution in [0.2, 0.25) is 0 Å². The number of carbonyl (C=O) groups excluding carboxylic acids is 1. The van der Waals surface area contributed by atoms with Crippen LogP contribution in [-0.4, -0.2) is 64.5 Å². The Morgan fingerprint density at radius 1 is 1.09 bits per heavy atom. The lowest BCUT2D eigenvalue weighted by Gasteiger charge is -2.44. The van der Waals surface area contributed by atoms with E-state index >= 15 is 0 Å². The molecule has 0 fully saturated rings. The summed E-state index contributed by atoms with van der Waals surface area (Å²) in [5, 5.41) is 10.3. The molecule has 172 valence electrons. The average molecular weight is 564 g/mol. The van der Waals surface area contributed by atoms with E-state index in [0.29, 0.717) is 56.2 Å². The predicted molar refractivity (Wildman–Crippen MR) is 128 cm³/mol. The Hall–Kier alpha value is -2.37. The van der Waals surface area contributed by atoms with Gasteiger partial charge < -0.3 is 10.0 Å². The molecule has 0 unspecified atom stereocenters. The van der Waals surface area contributed by atoms with Gasteiger partial charge in [-0.25, -0.2) is 8.78 Å². The van der Waals surface area contributed by atoms with Crippen LogP contribution in [0.25, 0.3) is 0 Å². The van der Waals surface area contributed by atoms with E-state index in [2.05, 4.69) is 32.5 Å². The van der Waals surface area contributed by atoms with Crippen LogP contribution in [0.5, 0.6) is 0 Å². The summed E-state index contributed by atoms with van der Waals surface area (Å²) < 4.78 is 28.4. The van der Waals surface area contributed by atoms with Gasteiger partial charge in [0.15, 0.2) is 0 Å². The highest BCUT2D eigenvalue weighted by atomic mass is 127. The zero-order valence-electron chi connectivity index (χ0n) is 17.8. The number of carbonyl (C=O) groups is 1. The molecule has 0 saturated carbocycles. The minimum atomic E-state index is -0.608. The SMILES string of the molecule is O=C1C2=C(CCN(Cc3cc(F)cc(F)c3)C2)N2CCN=C2N1[C@@H](CO)c1ccc(I)cc1. The monoisotopic (exact) mass is 564 g/mol. The number of aliphatic hydroxyl groups excluding tert-OH is 1. The zero-order chi connectivity index (χ0) is 23.1. The van der Waals surface area contributed by atoms with Gasteiger partial charge in [-0.15, -0.1) is 0 Å². The van der Waals surface area contributed by atoms with Crippen LogP contribution in [0.1, 0.15) is 23.6 Å². The molecule has 0 saturated heterocycles. The molecule has 5 rings (SSSR count). The van der Waals surface area contributed by atoms with Crippen molar-refractivity contribution in [3.8, 4) is 0 Å². The number of benzene rings is 2. The minimum absolute atomic E-state index is 0.172. The Morgan fingerprint density at radius 3 is 2.52 bits per heavy atom. The summed E-state index contributed by atoms with van der Waals surface area (Å²) in [4.78, 5) is 24.1. The topological polar surface area (TPSA) is 59.4 Å². The maximum Gasteiger partial charge on any atom is 0.260 e. The van der Waals surface area contributed by atoms with Crippen molar-refractivity contribution in [1.29, 1.82) is 0 Å². The molecule has 1 amide bonds. The van der Waals surface area contributed by atoms with Crippen LogP contribution in [0.3, 0.4) is 0 Å². The van der Waals surface area contributed by atoms with E-state index in [1.54, 1.807) is 4.90 Å². The fraction of sp³-hybridized carbons (Fsp3) is 0.333. The molecule has 3 aliphatic rings. The summed E-state index contributed by atoms with van der Waals surface area (Å²) in [6.45, 7) is 2.45. The first-order valence-electron chi connectivity index (χ1n) is 10.9. The first kappa shape index (κ1) is 22.4. The molecule has 3 aliphatic heterocycles. The first-order valence-corrected chi connectivity index (χ1v) is 11.9. The molecular weight excluding hydrogens is 541 g/mol. The van der Waals surface area contributed by atoms with Crippen LogP contribution in [0, 0.1) is 15.2 Å². The number of nitrogens with zero attached hydrogens (tertiary/aromatic N) is 4. The second-order valence-corrected chi connectivity index (χ2v) is 9.67. The van der Waals surface area contributed by atoms with E-state index in [0.717, 1.165) is 20.9 Å². The largest absolute Gasteiger partial charge is 0.394 e. The van der Waals surface area contributed by atoms with Crippen molar-refractivity contribution in [1.82, 2.24) is 14.7 Å². The summed E-state index contributed by atoms with van der Waals surface area (Å²) in [6, 6.07) is 10.7. The molecule has 0 bridgehead atoms. The third-order valence-electron chi connectivity index (χ3n) is 6.30. The molecule has 2 aromatic rings. The van der Waals surface area contributed by atoms with Gasteiger partial charge >= 0.3 is 0 Å². The second kappa shape index (κ2) is 9.11. The minimum Gasteiger partial charge on any atom is -0.394 e. The van der Waals surface area contributed by atoms with Gasteiger partial charge in [0.25, 0.3) is 5.91 Å². The van der Waals surface area contributed by atoms with Gasteiger partial charge in [0.05, 0.1) is 24.8 Å². The number of amides is 1. The fourth-order valence-electron chi connectivity index (χ4n) is 4.83. The van der Waals surface area contributed by atoms with Crippen LogP contribution < -0.4 is 0 Å². The number of aliphatic imine (C=N–C) groups is 1. The normalized spacial score (nSPS) is 19.5. The van der Waals surface area contributed by atoms with Crippen LogP contribution in [-0.2, 0) is 11.3 Å². The highest BCUT2D eigenvalue weighted by Crippen LogP contribution is 2.35. The summed E-state index contributed by atoms with van der Waals surface area (Å²) in [6.07, 6.45) is 0.652. The number of hydrogen-bond donors (Lipinski definition) is 1. The van der Waals surface area contributed by atoms with E-state index in [4.69, 9.17) is 0 Å². The number of rotatable bonds is 5. The van der Waals surface area contributed by atoms with Gasteiger partial charge in [0, 0.05) is 47.9 Å². The van der Waals surface area contributed by atoms with Gasteiger partial charge in [0.1, 0.15) is 11.6 Å². The third kappa shape index (κ3) is 4.29. The van der Waals surface area contributed by atoms with Crippen molar-refractivity contribution < 1.29 is 18.7 Å². The van der Waals surface area contributed by atoms with E-state index in [-0.39, 0.29) is 12.5 Å². The summed E-state index contributed by atoms with van der Waals surface area (Å²) >= 11 is 2.22. The van der Waals surface area contributed by atoms with Crippen LogP contribution >= 0.6 is 22.6 Å². The van der Waals surface area contributed by atoms with Crippen molar-refractivity contribution >= 4 is 34.5 Å². The smallest absolute Gasteiger partial charge is 0.260 e. The second-order valence-electron chi connectivity index (χ2n) is 8.42. The highest BCUT2D eigenvalue weighted by Gasteiger charge is 2.44. The molecular formula is C24H23F2IN4O2. The Labute approximate surface area is 204 Å². The van der Waals surface area contributed by atoms with E-state index in [1.807, 2.05) is 29.2 Å². The summed E-state index contributed by atoms with van der Waals surface area (Å²) in [7, 11) is 0. The maximum atomic E-state index is 13.8. The van der Waals surface area contributed by atoms with E-state index < -0.39 is 17.7 Å². The number of fused-ring (bicyclic) bond motifs is 2. The van der Waals surface area contributed by atoms with E-state index in [1.165, 1.54) is 12.1 Å². The summed E-state index contributed by atoms with van der Waals surface area (Å²) in [5.74, 6) is -0.794. The van der Waals surface area contributed by atoms with Gasteiger partial charge in [-0.1, -0.05) is 12.1 Å². The molecule has 33 heavy (non-hydrogen) atoms. The Balaban J connectivity index is 1.45. The average Bonchev–Trinajstić information content (AvgIpc) is 3.26. The maximum absolute atomic E-state index is 13.8. The molecule has 0 spiro atoms. The van der Waals surface area contributed by atoms with E-state index in [9.17, 15) is 18.7 Å². The highest BCUT2D eigenvalue weighted by molar-refractivity contribution is 14.1. The van der Waals surface area contributed by atoms with Crippen LogP contribution in [0.4, 0.5) is 8.78 Å². The Bertz CT molecular complexity index is 1130. The lowest BCUT2D eigenvalue weighted by Crippen LogP contribution is -2.55. The number of halogens is 3.